The fourth-order valence-electron chi connectivity index (χ4n) is 1.43. The molecule has 2 nitrogen and oxygen atoms in total. The summed E-state index contributed by atoms with van der Waals surface area (Å²) in [7, 11) is 0. The van der Waals surface area contributed by atoms with Gasteiger partial charge in [-0.25, -0.2) is 0 Å². The lowest BCUT2D eigenvalue weighted by atomic mass is 9.94. The topological polar surface area (TPSA) is 29.1 Å². The number of hydrogen-bond donors (Lipinski definition) is 1. The van der Waals surface area contributed by atoms with Crippen molar-refractivity contribution >= 4 is 17.5 Å². The first kappa shape index (κ1) is 13.8. The maximum absolute atomic E-state index is 11.1. The maximum atomic E-state index is 11.1. The first-order valence-corrected chi connectivity index (χ1v) is 5.78. The summed E-state index contributed by atoms with van der Waals surface area (Å²) in [6.07, 6.45) is 3.36. The van der Waals surface area contributed by atoms with Crippen molar-refractivity contribution in [1.82, 2.24) is 5.32 Å². The highest BCUT2D eigenvalue weighted by Gasteiger charge is 2.19. The lowest BCUT2D eigenvalue weighted by Gasteiger charge is -2.26. The van der Waals surface area contributed by atoms with E-state index in [0.29, 0.717) is 0 Å². The van der Waals surface area contributed by atoms with Gasteiger partial charge in [-0.05, 0) is 26.2 Å². The molecule has 0 saturated heterocycles. The highest BCUT2D eigenvalue weighted by Crippen LogP contribution is 2.15. The normalized spacial score (nSPS) is 11.9. The quantitative estimate of drug-likeness (QED) is 0.684. The first-order valence-electron chi connectivity index (χ1n) is 5.24. The van der Waals surface area contributed by atoms with Gasteiger partial charge in [0.15, 0.2) is 0 Å². The molecule has 0 aliphatic carbocycles. The number of hydrogen-bond acceptors (Lipinski definition) is 1. The number of carbonyl (C=O) groups excluding carboxylic acids is 1. The van der Waals surface area contributed by atoms with Crippen molar-refractivity contribution in [2.45, 2.75) is 52.5 Å². The second-order valence-electron chi connectivity index (χ2n) is 4.85. The standard InChI is InChI=1S/C11H22ClNO/c1-9(2)6-5-7-11(3,4)13-10(14)8-12/h9H,5-8H2,1-4H3,(H,13,14). The summed E-state index contributed by atoms with van der Waals surface area (Å²) in [5.74, 6) is 0.698. The molecule has 0 fully saturated rings. The fraction of sp³-hybridized carbons (Fsp3) is 0.909. The lowest BCUT2D eigenvalue weighted by molar-refractivity contribution is -0.120. The van der Waals surface area contributed by atoms with Gasteiger partial charge in [-0.15, -0.1) is 11.6 Å². The fourth-order valence-corrected chi connectivity index (χ4v) is 1.49. The minimum absolute atomic E-state index is 0.0492. The van der Waals surface area contributed by atoms with Crippen molar-refractivity contribution in [3.05, 3.63) is 0 Å². The number of rotatable bonds is 6. The molecule has 0 aliphatic heterocycles. The smallest absolute Gasteiger partial charge is 0.235 e. The molecule has 84 valence electrons. The van der Waals surface area contributed by atoms with Crippen LogP contribution >= 0.6 is 11.6 Å². The molecule has 14 heavy (non-hydrogen) atoms. The average Bonchev–Trinajstić information content (AvgIpc) is 2.02. The average molecular weight is 220 g/mol. The van der Waals surface area contributed by atoms with Crippen LogP contribution in [-0.2, 0) is 4.79 Å². The summed E-state index contributed by atoms with van der Waals surface area (Å²) in [5.41, 5.74) is -0.124. The third-order valence-corrected chi connectivity index (χ3v) is 2.43. The molecular weight excluding hydrogens is 198 g/mol. The van der Waals surface area contributed by atoms with Crippen LogP contribution < -0.4 is 5.32 Å². The summed E-state index contributed by atoms with van der Waals surface area (Å²) in [6.45, 7) is 8.50. The van der Waals surface area contributed by atoms with Gasteiger partial charge >= 0.3 is 0 Å². The van der Waals surface area contributed by atoms with Crippen LogP contribution in [0.2, 0.25) is 0 Å². The Hall–Kier alpha value is -0.240. The van der Waals surface area contributed by atoms with Gasteiger partial charge in [0.05, 0.1) is 0 Å². The number of alkyl halides is 1. The van der Waals surface area contributed by atoms with Crippen LogP contribution in [0.25, 0.3) is 0 Å². The molecule has 0 aliphatic rings. The molecule has 0 atom stereocenters. The molecule has 1 amide bonds. The molecule has 1 N–H and O–H groups in total. The summed E-state index contributed by atoms with van der Waals surface area (Å²) < 4.78 is 0. The second kappa shape index (κ2) is 6.28. The Morgan fingerprint density at radius 1 is 1.43 bits per heavy atom. The van der Waals surface area contributed by atoms with Gasteiger partial charge in [-0.1, -0.05) is 26.7 Å². The molecule has 0 aromatic carbocycles. The minimum Gasteiger partial charge on any atom is -0.350 e. The molecule has 0 saturated carbocycles. The Bertz CT molecular complexity index is 178. The number of carbonyl (C=O) groups is 1. The van der Waals surface area contributed by atoms with E-state index < -0.39 is 0 Å². The van der Waals surface area contributed by atoms with Crippen LogP contribution in [-0.4, -0.2) is 17.3 Å². The predicted molar refractivity (Wildman–Crippen MR) is 61.6 cm³/mol. The molecule has 0 unspecified atom stereocenters. The molecule has 0 spiro atoms. The molecule has 0 aromatic heterocycles. The van der Waals surface area contributed by atoms with Crippen molar-refractivity contribution < 1.29 is 4.79 Å². The van der Waals surface area contributed by atoms with E-state index in [0.717, 1.165) is 18.8 Å². The molecule has 0 radical (unpaired) electrons. The van der Waals surface area contributed by atoms with Crippen LogP contribution in [0.3, 0.4) is 0 Å². The Kier molecular flexibility index (Phi) is 6.17. The molecule has 0 bridgehead atoms. The summed E-state index contributed by atoms with van der Waals surface area (Å²) in [5, 5.41) is 2.91. The van der Waals surface area contributed by atoms with E-state index in [2.05, 4.69) is 19.2 Å². The van der Waals surface area contributed by atoms with E-state index in [-0.39, 0.29) is 17.3 Å². The number of halogens is 1. The SMILES string of the molecule is CC(C)CCCC(C)(C)NC(=O)CCl. The monoisotopic (exact) mass is 219 g/mol. The van der Waals surface area contributed by atoms with Crippen molar-refractivity contribution in [2.75, 3.05) is 5.88 Å². The first-order chi connectivity index (χ1) is 6.37. The van der Waals surface area contributed by atoms with Crippen molar-refractivity contribution in [2.24, 2.45) is 5.92 Å². The summed E-state index contributed by atoms with van der Waals surface area (Å²) in [6, 6.07) is 0. The molecule has 3 heteroatoms. The third-order valence-electron chi connectivity index (χ3n) is 2.18. The van der Waals surface area contributed by atoms with Gasteiger partial charge in [0.2, 0.25) is 5.91 Å². The van der Waals surface area contributed by atoms with Crippen molar-refractivity contribution in [3.8, 4) is 0 Å². The van der Waals surface area contributed by atoms with Gasteiger partial charge in [-0.3, -0.25) is 4.79 Å². The van der Waals surface area contributed by atoms with Crippen LogP contribution in [0, 0.1) is 5.92 Å². The van der Waals surface area contributed by atoms with Crippen molar-refractivity contribution in [3.63, 3.8) is 0 Å². The summed E-state index contributed by atoms with van der Waals surface area (Å²) in [4.78, 5) is 11.1. The highest BCUT2D eigenvalue weighted by molar-refractivity contribution is 6.27. The van der Waals surface area contributed by atoms with Gasteiger partial charge in [0, 0.05) is 5.54 Å². The zero-order valence-corrected chi connectivity index (χ0v) is 10.4. The van der Waals surface area contributed by atoms with Gasteiger partial charge in [-0.2, -0.15) is 0 Å². The Balaban J connectivity index is 3.77. The van der Waals surface area contributed by atoms with E-state index in [1.807, 2.05) is 13.8 Å². The largest absolute Gasteiger partial charge is 0.350 e. The van der Waals surface area contributed by atoms with Crippen molar-refractivity contribution in [1.29, 1.82) is 0 Å². The summed E-state index contributed by atoms with van der Waals surface area (Å²) >= 11 is 5.43. The minimum atomic E-state index is -0.124. The number of nitrogens with one attached hydrogen (secondary N) is 1. The molecular formula is C11H22ClNO. The van der Waals surface area contributed by atoms with E-state index >= 15 is 0 Å². The molecule has 0 heterocycles. The Morgan fingerprint density at radius 3 is 2.43 bits per heavy atom. The maximum Gasteiger partial charge on any atom is 0.235 e. The third kappa shape index (κ3) is 7.19. The van der Waals surface area contributed by atoms with Crippen LogP contribution in [0.4, 0.5) is 0 Å². The van der Waals surface area contributed by atoms with Crippen LogP contribution in [0.15, 0.2) is 0 Å². The van der Waals surface area contributed by atoms with Crippen LogP contribution in [0.5, 0.6) is 0 Å². The van der Waals surface area contributed by atoms with E-state index in [1.165, 1.54) is 6.42 Å². The zero-order valence-electron chi connectivity index (χ0n) is 9.69. The van der Waals surface area contributed by atoms with Gasteiger partial charge in [0.25, 0.3) is 0 Å². The van der Waals surface area contributed by atoms with Crippen LogP contribution in [0.1, 0.15) is 47.0 Å². The molecule has 0 rings (SSSR count). The predicted octanol–water partition coefficient (Wildman–Crippen LogP) is 2.95. The Morgan fingerprint density at radius 2 is 2.00 bits per heavy atom. The van der Waals surface area contributed by atoms with E-state index in [4.69, 9.17) is 11.6 Å². The lowest BCUT2D eigenvalue weighted by Crippen LogP contribution is -2.43. The van der Waals surface area contributed by atoms with E-state index in [9.17, 15) is 4.79 Å². The Labute approximate surface area is 92.4 Å². The van der Waals surface area contributed by atoms with Gasteiger partial charge < -0.3 is 5.32 Å². The number of amides is 1. The molecule has 0 aromatic rings. The highest BCUT2D eigenvalue weighted by atomic mass is 35.5. The van der Waals surface area contributed by atoms with E-state index in [1.54, 1.807) is 0 Å². The van der Waals surface area contributed by atoms with Gasteiger partial charge in [0.1, 0.15) is 5.88 Å². The second-order valence-corrected chi connectivity index (χ2v) is 5.12. The zero-order chi connectivity index (χ0) is 11.2.